The summed E-state index contributed by atoms with van der Waals surface area (Å²) in [5, 5.41) is 4.95. The van der Waals surface area contributed by atoms with Crippen molar-refractivity contribution in [3.8, 4) is 0 Å². The molecule has 9 heteroatoms. The van der Waals surface area contributed by atoms with Crippen LogP contribution in [0.15, 0.2) is 12.1 Å². The zero-order valence-electron chi connectivity index (χ0n) is 10.1. The van der Waals surface area contributed by atoms with Crippen LogP contribution in [0.1, 0.15) is 6.42 Å². The Morgan fingerprint density at radius 1 is 1.35 bits per heavy atom. The van der Waals surface area contributed by atoms with Crippen molar-refractivity contribution in [2.75, 3.05) is 17.2 Å². The van der Waals surface area contributed by atoms with Gasteiger partial charge in [-0.25, -0.2) is 22.3 Å². The number of sulfonamides is 1. The first-order chi connectivity index (χ1) is 9.17. The predicted molar refractivity (Wildman–Crippen MR) is 77.5 cm³/mol. The van der Waals surface area contributed by atoms with E-state index in [0.717, 1.165) is 12.1 Å². The lowest BCUT2D eigenvalue weighted by Crippen LogP contribution is -2.28. The highest BCUT2D eigenvalue weighted by Gasteiger charge is 2.34. The zero-order valence-corrected chi connectivity index (χ0v) is 13.1. The maximum absolute atomic E-state index is 13.3. The van der Waals surface area contributed by atoms with Crippen LogP contribution in [0.3, 0.4) is 0 Å². The first kappa shape index (κ1) is 15.6. The molecule has 2 N–H and O–H groups in total. The Labute approximate surface area is 128 Å². The highest BCUT2D eigenvalue weighted by atomic mass is 127. The third kappa shape index (κ3) is 3.44. The van der Waals surface area contributed by atoms with E-state index in [1.807, 2.05) is 0 Å². The number of hydrogen-bond acceptors (Lipinski definition) is 3. The van der Waals surface area contributed by atoms with Crippen molar-refractivity contribution in [1.82, 2.24) is 0 Å². The molecule has 0 aromatic heterocycles. The molecule has 110 valence electrons. The first-order valence-electron chi connectivity index (χ1n) is 5.63. The van der Waals surface area contributed by atoms with Gasteiger partial charge in [0.2, 0.25) is 15.9 Å². The van der Waals surface area contributed by atoms with E-state index in [1.165, 1.54) is 4.90 Å². The van der Waals surface area contributed by atoms with Crippen LogP contribution in [-0.2, 0) is 14.8 Å². The topological polar surface area (TPSA) is 80.5 Å². The Hall–Kier alpha value is -0.810. The van der Waals surface area contributed by atoms with Crippen LogP contribution in [0, 0.1) is 21.1 Å². The minimum Gasteiger partial charge on any atom is -0.311 e. The van der Waals surface area contributed by atoms with Crippen molar-refractivity contribution < 1.29 is 22.0 Å². The van der Waals surface area contributed by atoms with E-state index in [4.69, 9.17) is 5.14 Å². The van der Waals surface area contributed by atoms with Crippen LogP contribution in [0.25, 0.3) is 0 Å². The van der Waals surface area contributed by atoms with Crippen LogP contribution in [0.4, 0.5) is 14.5 Å². The SMILES string of the molecule is NS(=O)(=O)CC1CC(=O)N(c2cc(F)c(F)cc2I)C1. The molecule has 0 spiro atoms. The van der Waals surface area contributed by atoms with Crippen LogP contribution in [-0.4, -0.2) is 26.6 Å². The van der Waals surface area contributed by atoms with Crippen molar-refractivity contribution in [2.45, 2.75) is 6.42 Å². The standard InChI is InChI=1S/C11H11F2IN2O3S/c12-7-2-9(14)10(3-8(7)13)16-4-6(1-11(16)17)5-20(15,18)19/h2-3,6H,1,4-5H2,(H2,15,18,19). The summed E-state index contributed by atoms with van der Waals surface area (Å²) >= 11 is 1.79. The quantitative estimate of drug-likeness (QED) is 0.595. The number of nitrogens with zero attached hydrogens (tertiary/aromatic N) is 1. The van der Waals surface area contributed by atoms with Gasteiger partial charge in [0.05, 0.1) is 11.4 Å². The molecule has 1 unspecified atom stereocenters. The van der Waals surface area contributed by atoms with E-state index in [9.17, 15) is 22.0 Å². The highest BCUT2D eigenvalue weighted by molar-refractivity contribution is 14.1. The van der Waals surface area contributed by atoms with E-state index in [0.29, 0.717) is 3.57 Å². The van der Waals surface area contributed by atoms with E-state index < -0.39 is 27.6 Å². The largest absolute Gasteiger partial charge is 0.311 e. The number of anilines is 1. The summed E-state index contributed by atoms with van der Waals surface area (Å²) in [5.74, 6) is -3.13. The van der Waals surface area contributed by atoms with Gasteiger partial charge in [-0.3, -0.25) is 4.79 Å². The third-order valence-electron chi connectivity index (χ3n) is 2.95. The smallest absolute Gasteiger partial charge is 0.227 e. The lowest BCUT2D eigenvalue weighted by atomic mass is 10.1. The van der Waals surface area contributed by atoms with Crippen LogP contribution < -0.4 is 10.0 Å². The van der Waals surface area contributed by atoms with Gasteiger partial charge < -0.3 is 4.90 Å². The summed E-state index contributed by atoms with van der Waals surface area (Å²) in [5.41, 5.74) is 0.242. The summed E-state index contributed by atoms with van der Waals surface area (Å²) in [7, 11) is -3.68. The number of halogens is 3. The summed E-state index contributed by atoms with van der Waals surface area (Å²) in [6.07, 6.45) is 0.0194. The summed E-state index contributed by atoms with van der Waals surface area (Å²) in [6, 6.07) is 1.93. The van der Waals surface area contributed by atoms with Crippen LogP contribution in [0.5, 0.6) is 0 Å². The molecule has 1 atom stereocenters. The van der Waals surface area contributed by atoms with Crippen molar-refractivity contribution in [3.05, 3.63) is 27.3 Å². The Morgan fingerprint density at radius 3 is 2.55 bits per heavy atom. The second kappa shape index (κ2) is 5.53. The lowest BCUT2D eigenvalue weighted by molar-refractivity contribution is -0.117. The Morgan fingerprint density at radius 2 is 1.95 bits per heavy atom. The minimum atomic E-state index is -3.68. The van der Waals surface area contributed by atoms with E-state index in [-0.39, 0.29) is 30.3 Å². The number of carbonyl (C=O) groups is 1. The minimum absolute atomic E-state index is 0.0194. The van der Waals surface area contributed by atoms with Gasteiger partial charge in [0.15, 0.2) is 11.6 Å². The van der Waals surface area contributed by atoms with Crippen molar-refractivity contribution in [1.29, 1.82) is 0 Å². The van der Waals surface area contributed by atoms with Crippen LogP contribution in [0.2, 0.25) is 0 Å². The Balaban J connectivity index is 2.26. The van der Waals surface area contributed by atoms with Crippen molar-refractivity contribution >= 4 is 44.2 Å². The molecular formula is C11H11F2IN2O3S. The Kier molecular flexibility index (Phi) is 4.30. The molecule has 2 rings (SSSR count). The molecular weight excluding hydrogens is 405 g/mol. The molecule has 1 aromatic carbocycles. The van der Waals surface area contributed by atoms with Gasteiger partial charge in [0.25, 0.3) is 0 Å². The zero-order chi connectivity index (χ0) is 15.1. The van der Waals surface area contributed by atoms with E-state index in [2.05, 4.69) is 0 Å². The molecule has 0 saturated carbocycles. The van der Waals surface area contributed by atoms with Crippen molar-refractivity contribution in [3.63, 3.8) is 0 Å². The Bertz CT molecular complexity index is 666. The molecule has 0 bridgehead atoms. The summed E-state index contributed by atoms with van der Waals surface area (Å²) in [6.45, 7) is 0.121. The fourth-order valence-electron chi connectivity index (χ4n) is 2.17. The monoisotopic (exact) mass is 416 g/mol. The van der Waals surface area contributed by atoms with Crippen LogP contribution >= 0.6 is 22.6 Å². The molecule has 0 radical (unpaired) electrons. The number of amides is 1. The average Bonchev–Trinajstić information content (AvgIpc) is 2.62. The summed E-state index contributed by atoms with van der Waals surface area (Å²) in [4.78, 5) is 13.2. The van der Waals surface area contributed by atoms with Gasteiger partial charge in [-0.1, -0.05) is 0 Å². The van der Waals surface area contributed by atoms with Gasteiger partial charge in [0, 0.05) is 28.5 Å². The molecule has 1 heterocycles. The molecule has 1 aromatic rings. The molecule has 1 fully saturated rings. The lowest BCUT2D eigenvalue weighted by Gasteiger charge is -2.18. The molecule has 5 nitrogen and oxygen atoms in total. The number of nitrogens with two attached hydrogens (primary N) is 1. The maximum atomic E-state index is 13.3. The molecule has 0 aliphatic carbocycles. The number of primary sulfonamides is 1. The maximum Gasteiger partial charge on any atom is 0.227 e. The second-order valence-corrected chi connectivity index (χ2v) is 7.44. The van der Waals surface area contributed by atoms with Gasteiger partial charge in [-0.2, -0.15) is 0 Å². The highest BCUT2D eigenvalue weighted by Crippen LogP contribution is 2.31. The van der Waals surface area contributed by atoms with Gasteiger partial charge in [-0.15, -0.1) is 0 Å². The third-order valence-corrected chi connectivity index (χ3v) is 4.75. The first-order valence-corrected chi connectivity index (χ1v) is 8.42. The second-order valence-electron chi connectivity index (χ2n) is 4.62. The molecule has 1 amide bonds. The van der Waals surface area contributed by atoms with Gasteiger partial charge in [0.1, 0.15) is 0 Å². The molecule has 1 aliphatic rings. The summed E-state index contributed by atoms with van der Waals surface area (Å²) < 4.78 is 48.8. The molecule has 1 aliphatic heterocycles. The fraction of sp³-hybridized carbons (Fsp3) is 0.364. The molecule has 1 saturated heterocycles. The van der Waals surface area contributed by atoms with E-state index >= 15 is 0 Å². The number of rotatable bonds is 3. The van der Waals surface area contributed by atoms with E-state index in [1.54, 1.807) is 22.6 Å². The van der Waals surface area contributed by atoms with Crippen molar-refractivity contribution in [2.24, 2.45) is 11.1 Å². The van der Waals surface area contributed by atoms with Gasteiger partial charge >= 0.3 is 0 Å². The number of hydrogen-bond donors (Lipinski definition) is 1. The average molecular weight is 416 g/mol. The fourth-order valence-corrected chi connectivity index (χ4v) is 3.77. The number of carbonyl (C=O) groups excluding carboxylic acids is 1. The normalized spacial score (nSPS) is 19.7. The van der Waals surface area contributed by atoms with Gasteiger partial charge in [-0.05, 0) is 28.7 Å². The molecule has 20 heavy (non-hydrogen) atoms. The predicted octanol–water partition coefficient (Wildman–Crippen LogP) is 1.21. The number of benzene rings is 1.